The van der Waals surface area contributed by atoms with Gasteiger partial charge in [0.05, 0.1) is 6.21 Å². The number of nitrogens with one attached hydrogen (secondary N) is 1. The normalized spacial score (nSPS) is 17.9. The first-order chi connectivity index (χ1) is 14.3. The molecule has 1 N–H and O–H groups in total. The molecule has 154 valence electrons. The summed E-state index contributed by atoms with van der Waals surface area (Å²) < 4.78 is 0. The van der Waals surface area contributed by atoms with Crippen molar-refractivity contribution in [1.29, 1.82) is 0 Å². The summed E-state index contributed by atoms with van der Waals surface area (Å²) in [5.74, 6) is 0.272. The molecule has 3 aromatic carbocycles. The Morgan fingerprint density at radius 2 is 1.87 bits per heavy atom. The van der Waals surface area contributed by atoms with Crippen LogP contribution in [-0.4, -0.2) is 24.7 Å². The molecular weight excluding hydrogens is 370 g/mol. The van der Waals surface area contributed by atoms with Crippen molar-refractivity contribution in [3.05, 3.63) is 76.9 Å². The Kier molecular flexibility index (Phi) is 5.10. The summed E-state index contributed by atoms with van der Waals surface area (Å²) in [4.78, 5) is 14.9. The molecule has 1 aliphatic rings. The second kappa shape index (κ2) is 7.60. The number of hydrogen-bond donors (Lipinski definition) is 1. The van der Waals surface area contributed by atoms with Crippen molar-refractivity contribution in [2.45, 2.75) is 45.6 Å². The van der Waals surface area contributed by atoms with Gasteiger partial charge in [-0.1, -0.05) is 37.3 Å². The van der Waals surface area contributed by atoms with Gasteiger partial charge in [0.25, 0.3) is 5.91 Å². The lowest BCUT2D eigenvalue weighted by atomic mass is 9.79. The second-order valence-corrected chi connectivity index (χ2v) is 9.01. The maximum Gasteiger partial charge on any atom is 0.271 e. The van der Waals surface area contributed by atoms with Crippen LogP contribution in [0.3, 0.4) is 0 Å². The molecule has 0 aliphatic carbocycles. The number of aryl methyl sites for hydroxylation is 1. The zero-order valence-corrected chi connectivity index (χ0v) is 18.4. The molecule has 0 radical (unpaired) electrons. The first-order valence-electron chi connectivity index (χ1n) is 10.5. The average molecular weight is 400 g/mol. The Morgan fingerprint density at radius 3 is 2.63 bits per heavy atom. The molecular formula is C26H29N3O. The van der Waals surface area contributed by atoms with E-state index in [0.717, 1.165) is 28.3 Å². The van der Waals surface area contributed by atoms with Crippen molar-refractivity contribution in [1.82, 2.24) is 5.43 Å². The zero-order chi connectivity index (χ0) is 21.5. The van der Waals surface area contributed by atoms with E-state index < -0.39 is 0 Å². The number of hydrazone groups is 1. The fourth-order valence-electron chi connectivity index (χ4n) is 4.43. The van der Waals surface area contributed by atoms with E-state index in [9.17, 15) is 4.79 Å². The van der Waals surface area contributed by atoms with E-state index in [1.807, 2.05) is 42.5 Å². The van der Waals surface area contributed by atoms with Crippen molar-refractivity contribution in [3.8, 4) is 0 Å². The largest absolute Gasteiger partial charge is 0.369 e. The lowest BCUT2D eigenvalue weighted by Gasteiger charge is -2.45. The molecule has 0 aromatic heterocycles. The number of nitrogens with zero attached hydrogens (tertiary/aromatic N) is 2. The van der Waals surface area contributed by atoms with Gasteiger partial charge >= 0.3 is 0 Å². The lowest BCUT2D eigenvalue weighted by Crippen LogP contribution is -2.45. The van der Waals surface area contributed by atoms with Gasteiger partial charge in [-0.3, -0.25) is 4.79 Å². The van der Waals surface area contributed by atoms with Crippen LogP contribution in [0, 0.1) is 6.92 Å². The molecule has 0 fully saturated rings. The zero-order valence-electron chi connectivity index (χ0n) is 18.4. The smallest absolute Gasteiger partial charge is 0.271 e. The molecule has 0 spiro atoms. The Morgan fingerprint density at radius 1 is 1.13 bits per heavy atom. The quantitative estimate of drug-likeness (QED) is 0.458. The van der Waals surface area contributed by atoms with Gasteiger partial charge in [-0.25, -0.2) is 5.43 Å². The van der Waals surface area contributed by atoms with Gasteiger partial charge in [0.2, 0.25) is 0 Å². The van der Waals surface area contributed by atoms with Crippen LogP contribution >= 0.6 is 0 Å². The minimum atomic E-state index is -0.206. The van der Waals surface area contributed by atoms with E-state index >= 15 is 0 Å². The molecule has 4 rings (SSSR count). The molecule has 4 heteroatoms. The highest BCUT2D eigenvalue weighted by molar-refractivity contribution is 5.99. The van der Waals surface area contributed by atoms with E-state index in [1.54, 1.807) is 6.21 Å². The summed E-state index contributed by atoms with van der Waals surface area (Å²) >= 11 is 0. The molecule has 1 atom stereocenters. The van der Waals surface area contributed by atoms with Crippen molar-refractivity contribution in [2.24, 2.45) is 5.10 Å². The van der Waals surface area contributed by atoms with E-state index in [0.29, 0.717) is 11.5 Å². The van der Waals surface area contributed by atoms with Crippen LogP contribution in [-0.2, 0) is 0 Å². The highest BCUT2D eigenvalue weighted by Gasteiger charge is 2.34. The minimum Gasteiger partial charge on any atom is -0.369 e. The van der Waals surface area contributed by atoms with Crippen LogP contribution in [0.2, 0.25) is 0 Å². The highest BCUT2D eigenvalue weighted by Crippen LogP contribution is 2.43. The third kappa shape index (κ3) is 3.70. The van der Waals surface area contributed by atoms with Crippen molar-refractivity contribution in [3.63, 3.8) is 0 Å². The monoisotopic (exact) mass is 399 g/mol. The van der Waals surface area contributed by atoms with Crippen LogP contribution < -0.4 is 10.3 Å². The predicted octanol–water partition coefficient (Wildman–Crippen LogP) is 5.63. The second-order valence-electron chi connectivity index (χ2n) is 9.01. The van der Waals surface area contributed by atoms with E-state index in [1.165, 1.54) is 11.3 Å². The number of carbonyl (C=O) groups excluding carboxylic acids is 1. The van der Waals surface area contributed by atoms with Crippen molar-refractivity contribution < 1.29 is 4.79 Å². The lowest BCUT2D eigenvalue weighted by molar-refractivity contribution is 0.0955. The number of fused-ring (bicyclic) bond motifs is 2. The molecule has 0 saturated heterocycles. The van der Waals surface area contributed by atoms with Crippen LogP contribution in [0.5, 0.6) is 0 Å². The van der Waals surface area contributed by atoms with Crippen LogP contribution in [0.25, 0.3) is 10.8 Å². The Hall–Kier alpha value is -3.14. The summed E-state index contributed by atoms with van der Waals surface area (Å²) in [7, 11) is 2.17. The van der Waals surface area contributed by atoms with E-state index in [-0.39, 0.29) is 11.4 Å². The molecule has 30 heavy (non-hydrogen) atoms. The van der Waals surface area contributed by atoms with E-state index in [2.05, 4.69) is 62.3 Å². The molecule has 0 bridgehead atoms. The third-order valence-electron chi connectivity index (χ3n) is 6.40. The van der Waals surface area contributed by atoms with Crippen LogP contribution in [0.15, 0.2) is 59.7 Å². The fourth-order valence-corrected chi connectivity index (χ4v) is 4.43. The summed E-state index contributed by atoms with van der Waals surface area (Å²) in [6.07, 6.45) is 2.86. The standard InChI is InChI=1S/C26H29N3O/c1-17-12-24-23(18(2)15-26(3,4)29(24)5)14-22(17)16-27-28-25(30)21-11-10-19-8-6-7-9-20(19)13-21/h6-14,16,18H,15H2,1-5H3,(H,28,30)/b27-16+. The van der Waals surface area contributed by atoms with E-state index in [4.69, 9.17) is 0 Å². The molecule has 1 heterocycles. The van der Waals surface area contributed by atoms with Gasteiger partial charge in [0.15, 0.2) is 0 Å². The highest BCUT2D eigenvalue weighted by atomic mass is 16.2. The van der Waals surface area contributed by atoms with Gasteiger partial charge < -0.3 is 4.90 Å². The van der Waals surface area contributed by atoms with Gasteiger partial charge in [-0.05, 0) is 84.8 Å². The summed E-state index contributed by atoms with van der Waals surface area (Å²) in [6.45, 7) is 8.96. The number of hydrogen-bond acceptors (Lipinski definition) is 3. The number of carbonyl (C=O) groups is 1. The Labute approximate surface area is 178 Å². The summed E-state index contributed by atoms with van der Waals surface area (Å²) in [5, 5.41) is 6.40. The number of rotatable bonds is 3. The fraction of sp³-hybridized carbons (Fsp3) is 0.308. The Balaban J connectivity index is 1.54. The van der Waals surface area contributed by atoms with Crippen LogP contribution in [0.1, 0.15) is 60.2 Å². The number of benzene rings is 3. The van der Waals surface area contributed by atoms with Crippen molar-refractivity contribution >= 4 is 28.6 Å². The van der Waals surface area contributed by atoms with Gasteiger partial charge in [-0.2, -0.15) is 5.10 Å². The summed E-state index contributed by atoms with van der Waals surface area (Å²) in [6, 6.07) is 18.1. The average Bonchev–Trinajstić information content (AvgIpc) is 2.72. The first kappa shape index (κ1) is 20.1. The molecule has 3 aromatic rings. The number of amides is 1. The first-order valence-corrected chi connectivity index (χ1v) is 10.5. The Bertz CT molecular complexity index is 1150. The van der Waals surface area contributed by atoms with Gasteiger partial charge in [-0.15, -0.1) is 0 Å². The molecule has 1 amide bonds. The molecule has 1 aliphatic heterocycles. The topological polar surface area (TPSA) is 44.7 Å². The van der Waals surface area contributed by atoms with Gasteiger partial charge in [0.1, 0.15) is 0 Å². The molecule has 1 unspecified atom stereocenters. The number of anilines is 1. The summed E-state index contributed by atoms with van der Waals surface area (Å²) in [5.41, 5.74) is 8.22. The maximum absolute atomic E-state index is 12.5. The maximum atomic E-state index is 12.5. The van der Waals surface area contributed by atoms with Crippen LogP contribution in [0.4, 0.5) is 5.69 Å². The third-order valence-corrected chi connectivity index (χ3v) is 6.40. The van der Waals surface area contributed by atoms with Crippen molar-refractivity contribution in [2.75, 3.05) is 11.9 Å². The minimum absolute atomic E-state index is 0.141. The predicted molar refractivity (Wildman–Crippen MR) is 126 cm³/mol. The molecule has 4 nitrogen and oxygen atoms in total. The SMILES string of the molecule is Cc1cc2c(cc1/C=N/NC(=O)c1ccc3ccccc3c1)C(C)CC(C)(C)N2C. The van der Waals surface area contributed by atoms with Gasteiger partial charge in [0, 0.05) is 23.8 Å². The molecule has 0 saturated carbocycles.